The second kappa shape index (κ2) is 9.08. The van der Waals surface area contributed by atoms with Crippen LogP contribution < -0.4 is 10.2 Å². The Bertz CT molecular complexity index is 697. The van der Waals surface area contributed by atoms with Gasteiger partial charge in [0.1, 0.15) is 12.4 Å². The highest BCUT2D eigenvalue weighted by molar-refractivity contribution is 6.31. The second-order valence-electron chi connectivity index (χ2n) is 5.84. The number of ether oxygens (including phenoxy) is 1. The van der Waals surface area contributed by atoms with E-state index in [0.29, 0.717) is 24.0 Å². The van der Waals surface area contributed by atoms with E-state index in [1.54, 1.807) is 6.21 Å². The van der Waals surface area contributed by atoms with Gasteiger partial charge in [-0.1, -0.05) is 43.6 Å². The molecule has 5 heteroatoms. The molecule has 0 aromatic heterocycles. The topological polar surface area (TPSA) is 50.7 Å². The molecule has 0 atom stereocenters. The molecule has 0 spiro atoms. The van der Waals surface area contributed by atoms with Crippen LogP contribution in [0.5, 0.6) is 5.75 Å². The molecule has 1 amide bonds. The standard InChI is InChI=1S/C19H21ClN2O2/c1-14(2)11-19(23)22-21-12-15-7-9-17(10-8-15)24-13-16-5-3-4-6-18(16)20/h3-10,12,14H,11,13H2,1-2H3,(H,22,23)/b21-12+. The monoisotopic (exact) mass is 344 g/mol. The van der Waals surface area contributed by atoms with E-state index in [9.17, 15) is 4.79 Å². The van der Waals surface area contributed by atoms with Gasteiger partial charge >= 0.3 is 0 Å². The fourth-order valence-electron chi connectivity index (χ4n) is 2.02. The van der Waals surface area contributed by atoms with Crippen LogP contribution in [-0.2, 0) is 11.4 Å². The van der Waals surface area contributed by atoms with Crippen molar-refractivity contribution in [2.75, 3.05) is 0 Å². The summed E-state index contributed by atoms with van der Waals surface area (Å²) in [6.07, 6.45) is 2.07. The van der Waals surface area contributed by atoms with Crippen molar-refractivity contribution in [3.8, 4) is 5.75 Å². The molecule has 0 fully saturated rings. The van der Waals surface area contributed by atoms with Crippen molar-refractivity contribution in [1.29, 1.82) is 0 Å². The highest BCUT2D eigenvalue weighted by Crippen LogP contribution is 2.18. The minimum atomic E-state index is -0.0825. The summed E-state index contributed by atoms with van der Waals surface area (Å²) in [7, 11) is 0. The Labute approximate surface area is 147 Å². The lowest BCUT2D eigenvalue weighted by atomic mass is 10.1. The molecule has 0 saturated heterocycles. The van der Waals surface area contributed by atoms with Crippen LogP contribution in [-0.4, -0.2) is 12.1 Å². The van der Waals surface area contributed by atoms with E-state index in [1.807, 2.05) is 62.4 Å². The molecule has 126 valence electrons. The number of amides is 1. The number of halogens is 1. The van der Waals surface area contributed by atoms with E-state index in [2.05, 4.69) is 10.5 Å². The summed E-state index contributed by atoms with van der Waals surface area (Å²) in [5, 5.41) is 4.64. The number of hydrogen-bond acceptors (Lipinski definition) is 3. The third-order valence-electron chi connectivity index (χ3n) is 3.23. The SMILES string of the molecule is CC(C)CC(=O)N/N=C/c1ccc(OCc2ccccc2Cl)cc1. The van der Waals surface area contributed by atoms with E-state index >= 15 is 0 Å². The van der Waals surface area contributed by atoms with Crippen molar-refractivity contribution in [2.24, 2.45) is 11.0 Å². The second-order valence-corrected chi connectivity index (χ2v) is 6.25. The number of hydrogen-bond donors (Lipinski definition) is 1. The number of hydrazone groups is 1. The molecule has 2 aromatic carbocycles. The summed E-state index contributed by atoms with van der Waals surface area (Å²) in [6, 6.07) is 15.1. The Morgan fingerprint density at radius 2 is 1.92 bits per heavy atom. The van der Waals surface area contributed by atoms with E-state index < -0.39 is 0 Å². The highest BCUT2D eigenvalue weighted by atomic mass is 35.5. The normalized spacial score (nSPS) is 11.0. The Morgan fingerprint density at radius 1 is 1.21 bits per heavy atom. The predicted molar refractivity (Wildman–Crippen MR) is 97.4 cm³/mol. The van der Waals surface area contributed by atoms with Crippen LogP contribution in [0.25, 0.3) is 0 Å². The van der Waals surface area contributed by atoms with Crippen molar-refractivity contribution in [3.05, 3.63) is 64.7 Å². The zero-order valence-electron chi connectivity index (χ0n) is 13.8. The number of rotatable bonds is 7. The number of benzene rings is 2. The quantitative estimate of drug-likeness (QED) is 0.597. The first-order valence-corrected chi connectivity index (χ1v) is 8.20. The van der Waals surface area contributed by atoms with Gasteiger partial charge in [0.25, 0.3) is 0 Å². The maximum absolute atomic E-state index is 11.5. The molecule has 0 aliphatic carbocycles. The fraction of sp³-hybridized carbons (Fsp3) is 0.263. The largest absolute Gasteiger partial charge is 0.489 e. The van der Waals surface area contributed by atoms with Gasteiger partial charge in [-0.2, -0.15) is 5.10 Å². The highest BCUT2D eigenvalue weighted by Gasteiger charge is 2.03. The van der Waals surface area contributed by atoms with Crippen LogP contribution in [0.2, 0.25) is 5.02 Å². The summed E-state index contributed by atoms with van der Waals surface area (Å²) in [4.78, 5) is 11.5. The van der Waals surface area contributed by atoms with Crippen LogP contribution >= 0.6 is 11.6 Å². The zero-order valence-corrected chi connectivity index (χ0v) is 14.6. The smallest absolute Gasteiger partial charge is 0.240 e. The van der Waals surface area contributed by atoms with E-state index in [4.69, 9.17) is 16.3 Å². The lowest BCUT2D eigenvalue weighted by Gasteiger charge is -2.07. The number of carbonyl (C=O) groups excluding carboxylic acids is 1. The predicted octanol–water partition coefficient (Wildman–Crippen LogP) is 4.42. The Balaban J connectivity index is 1.84. The van der Waals surface area contributed by atoms with Crippen molar-refractivity contribution < 1.29 is 9.53 Å². The lowest BCUT2D eigenvalue weighted by molar-refractivity contribution is -0.121. The van der Waals surface area contributed by atoms with Crippen molar-refractivity contribution >= 4 is 23.7 Å². The molecule has 4 nitrogen and oxygen atoms in total. The molecule has 0 saturated carbocycles. The maximum Gasteiger partial charge on any atom is 0.240 e. The van der Waals surface area contributed by atoms with E-state index in [0.717, 1.165) is 16.9 Å². The molecule has 0 heterocycles. The van der Waals surface area contributed by atoms with Gasteiger partial charge in [0, 0.05) is 17.0 Å². The van der Waals surface area contributed by atoms with E-state index in [1.165, 1.54) is 0 Å². The van der Waals surface area contributed by atoms with Gasteiger partial charge < -0.3 is 4.74 Å². The molecule has 24 heavy (non-hydrogen) atoms. The van der Waals surface area contributed by atoms with Crippen LogP contribution in [0.1, 0.15) is 31.4 Å². The molecule has 2 rings (SSSR count). The molecule has 0 bridgehead atoms. The summed E-state index contributed by atoms with van der Waals surface area (Å²) in [5.41, 5.74) is 4.34. The molecule has 0 unspecified atom stereocenters. The van der Waals surface area contributed by atoms with Gasteiger partial charge in [-0.05, 0) is 41.8 Å². The minimum Gasteiger partial charge on any atom is -0.489 e. The van der Waals surface area contributed by atoms with Crippen molar-refractivity contribution in [3.63, 3.8) is 0 Å². The zero-order chi connectivity index (χ0) is 17.4. The van der Waals surface area contributed by atoms with Crippen LogP contribution in [0, 0.1) is 5.92 Å². The number of nitrogens with zero attached hydrogens (tertiary/aromatic N) is 1. The Morgan fingerprint density at radius 3 is 2.58 bits per heavy atom. The Hall–Kier alpha value is -2.33. The van der Waals surface area contributed by atoms with Crippen LogP contribution in [0.15, 0.2) is 53.6 Å². The summed E-state index contributed by atoms with van der Waals surface area (Å²) in [5.74, 6) is 0.978. The molecular weight excluding hydrogens is 324 g/mol. The lowest BCUT2D eigenvalue weighted by Crippen LogP contribution is -2.19. The minimum absolute atomic E-state index is 0.0825. The summed E-state index contributed by atoms with van der Waals surface area (Å²) < 4.78 is 5.72. The average Bonchev–Trinajstić information content (AvgIpc) is 2.55. The van der Waals surface area contributed by atoms with Crippen LogP contribution in [0.3, 0.4) is 0 Å². The third kappa shape index (κ3) is 6.05. The van der Waals surface area contributed by atoms with Gasteiger partial charge in [0.15, 0.2) is 0 Å². The maximum atomic E-state index is 11.5. The average molecular weight is 345 g/mol. The van der Waals surface area contributed by atoms with Gasteiger partial charge in [-0.15, -0.1) is 0 Å². The van der Waals surface area contributed by atoms with Gasteiger partial charge in [0.2, 0.25) is 5.91 Å². The van der Waals surface area contributed by atoms with Crippen molar-refractivity contribution in [2.45, 2.75) is 26.9 Å². The molecule has 2 aromatic rings. The van der Waals surface area contributed by atoms with Crippen molar-refractivity contribution in [1.82, 2.24) is 5.43 Å². The van der Waals surface area contributed by atoms with E-state index in [-0.39, 0.29) is 5.91 Å². The molecule has 0 aliphatic heterocycles. The van der Waals surface area contributed by atoms with Gasteiger partial charge in [-0.3, -0.25) is 4.79 Å². The van der Waals surface area contributed by atoms with Crippen LogP contribution in [0.4, 0.5) is 0 Å². The first-order chi connectivity index (χ1) is 11.5. The molecule has 0 aliphatic rings. The van der Waals surface area contributed by atoms with Gasteiger partial charge in [-0.25, -0.2) is 5.43 Å². The summed E-state index contributed by atoms with van der Waals surface area (Å²) >= 11 is 6.10. The molecule has 1 N–H and O–H groups in total. The fourth-order valence-corrected chi connectivity index (χ4v) is 2.21. The first kappa shape index (κ1) is 18.0. The Kier molecular flexibility index (Phi) is 6.82. The summed E-state index contributed by atoms with van der Waals surface area (Å²) in [6.45, 7) is 4.40. The first-order valence-electron chi connectivity index (χ1n) is 7.83. The number of nitrogens with one attached hydrogen (secondary N) is 1. The number of carbonyl (C=O) groups is 1. The molecule has 0 radical (unpaired) electrons. The third-order valence-corrected chi connectivity index (χ3v) is 3.60. The van der Waals surface area contributed by atoms with Gasteiger partial charge in [0.05, 0.1) is 6.21 Å². The molecular formula is C19H21ClN2O2.